The van der Waals surface area contributed by atoms with Crippen molar-refractivity contribution < 1.29 is 0 Å². The van der Waals surface area contributed by atoms with Crippen molar-refractivity contribution in [3.05, 3.63) is 33.1 Å². The molecule has 1 aromatic rings. The molecule has 0 spiro atoms. The Kier molecular flexibility index (Phi) is 5.15. The van der Waals surface area contributed by atoms with Crippen LogP contribution in [0.5, 0.6) is 0 Å². The van der Waals surface area contributed by atoms with Crippen LogP contribution in [-0.2, 0) is 13.6 Å². The summed E-state index contributed by atoms with van der Waals surface area (Å²) in [6.07, 6.45) is 5.41. The molecular weight excluding hydrogens is 218 g/mol. The average Bonchev–Trinajstić information content (AvgIpc) is 2.34. The minimum atomic E-state index is -0.477. The van der Waals surface area contributed by atoms with Crippen LogP contribution in [0.4, 0.5) is 0 Å². The first-order chi connectivity index (χ1) is 8.10. The molecular formula is C12H21N3O2. The highest BCUT2D eigenvalue weighted by Gasteiger charge is 2.04. The van der Waals surface area contributed by atoms with E-state index in [0.29, 0.717) is 19.1 Å². The van der Waals surface area contributed by atoms with Gasteiger partial charge in [-0.25, -0.2) is 0 Å². The first-order valence-corrected chi connectivity index (χ1v) is 6.09. The number of aryl methyl sites for hydroxylation is 1. The lowest BCUT2D eigenvalue weighted by molar-refractivity contribution is 0.460. The second kappa shape index (κ2) is 6.39. The van der Waals surface area contributed by atoms with Gasteiger partial charge in [0.2, 0.25) is 0 Å². The molecule has 96 valence electrons. The van der Waals surface area contributed by atoms with Gasteiger partial charge in [0, 0.05) is 38.6 Å². The van der Waals surface area contributed by atoms with E-state index in [9.17, 15) is 9.59 Å². The molecule has 1 aromatic heterocycles. The van der Waals surface area contributed by atoms with E-state index in [1.54, 1.807) is 19.4 Å². The molecule has 5 heteroatoms. The van der Waals surface area contributed by atoms with Crippen LogP contribution < -0.4 is 16.4 Å². The number of nitrogens with one attached hydrogen (secondary N) is 1. The normalized spacial score (nSPS) is 11.1. The SMILES string of the molecule is CCC(CC)NCCn1ccn(C)c(=O)c1=O. The Morgan fingerprint density at radius 1 is 1.18 bits per heavy atom. The first-order valence-electron chi connectivity index (χ1n) is 6.09. The van der Waals surface area contributed by atoms with Gasteiger partial charge in [0.25, 0.3) is 0 Å². The summed E-state index contributed by atoms with van der Waals surface area (Å²) in [5.41, 5.74) is -0.934. The Morgan fingerprint density at radius 2 is 1.82 bits per heavy atom. The lowest BCUT2D eigenvalue weighted by Crippen LogP contribution is -2.41. The summed E-state index contributed by atoms with van der Waals surface area (Å²) in [6, 6.07) is 0.484. The lowest BCUT2D eigenvalue weighted by Gasteiger charge is -2.15. The minimum absolute atomic E-state index is 0.457. The van der Waals surface area contributed by atoms with Crippen molar-refractivity contribution in [2.75, 3.05) is 6.54 Å². The summed E-state index contributed by atoms with van der Waals surface area (Å²) < 4.78 is 2.75. The Morgan fingerprint density at radius 3 is 2.41 bits per heavy atom. The molecule has 0 atom stereocenters. The largest absolute Gasteiger partial charge is 0.316 e. The molecule has 0 aliphatic carbocycles. The second-order valence-electron chi connectivity index (χ2n) is 4.18. The highest BCUT2D eigenvalue weighted by molar-refractivity contribution is 4.84. The second-order valence-corrected chi connectivity index (χ2v) is 4.18. The van der Waals surface area contributed by atoms with E-state index in [2.05, 4.69) is 19.2 Å². The molecule has 0 saturated heterocycles. The highest BCUT2D eigenvalue weighted by atomic mass is 16.2. The molecule has 0 bridgehead atoms. The molecule has 0 aromatic carbocycles. The summed E-state index contributed by atoms with van der Waals surface area (Å²) in [4.78, 5) is 23.0. The maximum Gasteiger partial charge on any atom is 0.316 e. The van der Waals surface area contributed by atoms with Crippen LogP contribution in [0, 0.1) is 0 Å². The number of rotatable bonds is 6. The smallest absolute Gasteiger partial charge is 0.312 e. The van der Waals surface area contributed by atoms with Crippen molar-refractivity contribution in [3.63, 3.8) is 0 Å². The average molecular weight is 239 g/mol. The zero-order valence-electron chi connectivity index (χ0n) is 10.8. The van der Waals surface area contributed by atoms with Crippen LogP contribution in [-0.4, -0.2) is 21.7 Å². The molecule has 0 saturated carbocycles. The standard InChI is InChI=1S/C12H21N3O2/c1-4-10(5-2)13-6-7-15-9-8-14(3)11(16)12(15)17/h8-10,13H,4-7H2,1-3H3. The molecule has 0 aliphatic rings. The summed E-state index contributed by atoms with van der Waals surface area (Å²) >= 11 is 0. The van der Waals surface area contributed by atoms with E-state index >= 15 is 0 Å². The van der Waals surface area contributed by atoms with E-state index in [4.69, 9.17) is 0 Å². The topological polar surface area (TPSA) is 56.0 Å². The van der Waals surface area contributed by atoms with Crippen molar-refractivity contribution in [2.45, 2.75) is 39.3 Å². The van der Waals surface area contributed by atoms with Crippen molar-refractivity contribution in [1.29, 1.82) is 0 Å². The quantitative estimate of drug-likeness (QED) is 0.728. The van der Waals surface area contributed by atoms with E-state index in [1.807, 2.05) is 0 Å². The zero-order chi connectivity index (χ0) is 12.8. The van der Waals surface area contributed by atoms with Gasteiger partial charge in [-0.2, -0.15) is 0 Å². The van der Waals surface area contributed by atoms with E-state index < -0.39 is 11.1 Å². The monoisotopic (exact) mass is 239 g/mol. The van der Waals surface area contributed by atoms with Gasteiger partial charge < -0.3 is 14.5 Å². The van der Waals surface area contributed by atoms with Gasteiger partial charge >= 0.3 is 11.1 Å². The maximum absolute atomic E-state index is 11.6. The molecule has 0 amide bonds. The number of hydrogen-bond acceptors (Lipinski definition) is 3. The lowest BCUT2D eigenvalue weighted by atomic mass is 10.2. The minimum Gasteiger partial charge on any atom is -0.312 e. The summed E-state index contributed by atoms with van der Waals surface area (Å²) in [5, 5.41) is 3.36. The van der Waals surface area contributed by atoms with Crippen LogP contribution in [0.1, 0.15) is 26.7 Å². The Bertz CT molecular complexity index is 458. The maximum atomic E-state index is 11.6. The first kappa shape index (κ1) is 13.7. The summed E-state index contributed by atoms with van der Waals surface area (Å²) in [6.45, 7) is 5.50. The van der Waals surface area contributed by atoms with E-state index in [1.165, 1.54) is 9.13 Å². The van der Waals surface area contributed by atoms with Crippen LogP contribution >= 0.6 is 0 Å². The number of hydrogen-bond donors (Lipinski definition) is 1. The van der Waals surface area contributed by atoms with E-state index in [0.717, 1.165) is 12.8 Å². The molecule has 5 nitrogen and oxygen atoms in total. The van der Waals surface area contributed by atoms with Crippen molar-refractivity contribution >= 4 is 0 Å². The van der Waals surface area contributed by atoms with Gasteiger partial charge in [-0.1, -0.05) is 13.8 Å². The predicted octanol–water partition coefficient (Wildman–Crippen LogP) is 0.325. The van der Waals surface area contributed by atoms with Crippen molar-refractivity contribution in [1.82, 2.24) is 14.5 Å². The molecule has 0 fully saturated rings. The number of nitrogens with zero attached hydrogens (tertiary/aromatic N) is 2. The van der Waals surface area contributed by atoms with Gasteiger partial charge in [0.15, 0.2) is 0 Å². The number of aromatic nitrogens is 2. The van der Waals surface area contributed by atoms with Crippen LogP contribution in [0.2, 0.25) is 0 Å². The third-order valence-electron chi connectivity index (χ3n) is 3.01. The van der Waals surface area contributed by atoms with Gasteiger partial charge in [-0.05, 0) is 12.8 Å². The van der Waals surface area contributed by atoms with Crippen molar-refractivity contribution in [2.24, 2.45) is 7.05 Å². The van der Waals surface area contributed by atoms with E-state index in [-0.39, 0.29) is 0 Å². The van der Waals surface area contributed by atoms with Gasteiger partial charge in [0.1, 0.15) is 0 Å². The van der Waals surface area contributed by atoms with Crippen LogP contribution in [0.15, 0.2) is 22.0 Å². The molecule has 17 heavy (non-hydrogen) atoms. The van der Waals surface area contributed by atoms with Gasteiger partial charge in [-0.3, -0.25) is 9.59 Å². The molecule has 1 rings (SSSR count). The van der Waals surface area contributed by atoms with Gasteiger partial charge in [-0.15, -0.1) is 0 Å². The Hall–Kier alpha value is -1.36. The Balaban J connectivity index is 2.62. The fourth-order valence-electron chi connectivity index (χ4n) is 1.73. The van der Waals surface area contributed by atoms with Crippen molar-refractivity contribution in [3.8, 4) is 0 Å². The fraction of sp³-hybridized carbons (Fsp3) is 0.667. The molecule has 0 radical (unpaired) electrons. The molecule has 0 unspecified atom stereocenters. The third-order valence-corrected chi connectivity index (χ3v) is 3.01. The third kappa shape index (κ3) is 3.56. The molecule has 0 aliphatic heterocycles. The summed E-state index contributed by atoms with van der Waals surface area (Å²) in [7, 11) is 1.58. The molecule has 1 heterocycles. The Labute approximate surface area is 101 Å². The highest BCUT2D eigenvalue weighted by Crippen LogP contribution is 1.94. The predicted molar refractivity (Wildman–Crippen MR) is 68.3 cm³/mol. The molecule has 1 N–H and O–H groups in total. The summed E-state index contributed by atoms with van der Waals surface area (Å²) in [5.74, 6) is 0. The van der Waals surface area contributed by atoms with Crippen LogP contribution in [0.3, 0.4) is 0 Å². The zero-order valence-corrected chi connectivity index (χ0v) is 10.8. The van der Waals surface area contributed by atoms with Gasteiger partial charge in [0.05, 0.1) is 0 Å². The fourth-order valence-corrected chi connectivity index (χ4v) is 1.73. The van der Waals surface area contributed by atoms with Crippen LogP contribution in [0.25, 0.3) is 0 Å².